The Labute approximate surface area is 88.0 Å². The lowest BCUT2D eigenvalue weighted by molar-refractivity contribution is -0.132. The fourth-order valence-corrected chi connectivity index (χ4v) is 1.10. The highest BCUT2D eigenvalue weighted by Gasteiger charge is 2.02. The zero-order chi connectivity index (χ0) is 10.4. The molecule has 0 saturated carbocycles. The first-order valence-corrected chi connectivity index (χ1v) is 4.75. The Morgan fingerprint density at radius 3 is 2.64 bits per heavy atom. The van der Waals surface area contributed by atoms with E-state index in [1.165, 1.54) is 0 Å². The number of hydroxylamine groups is 1. The van der Waals surface area contributed by atoms with Crippen molar-refractivity contribution in [3.8, 4) is 0 Å². The van der Waals surface area contributed by atoms with E-state index in [9.17, 15) is 4.79 Å². The summed E-state index contributed by atoms with van der Waals surface area (Å²) in [6.45, 7) is 2.27. The van der Waals surface area contributed by atoms with Crippen molar-refractivity contribution in [3.05, 3.63) is 34.9 Å². The van der Waals surface area contributed by atoms with Gasteiger partial charge in [-0.3, -0.25) is 9.63 Å². The van der Waals surface area contributed by atoms with E-state index in [4.69, 9.17) is 16.4 Å². The van der Waals surface area contributed by atoms with Crippen molar-refractivity contribution in [2.24, 2.45) is 0 Å². The molecule has 1 aromatic rings. The van der Waals surface area contributed by atoms with Gasteiger partial charge in [-0.25, -0.2) is 5.48 Å². The van der Waals surface area contributed by atoms with Gasteiger partial charge in [-0.1, -0.05) is 23.7 Å². The van der Waals surface area contributed by atoms with Gasteiger partial charge in [-0.2, -0.15) is 0 Å². The molecule has 76 valence electrons. The van der Waals surface area contributed by atoms with Gasteiger partial charge in [-0.15, -0.1) is 0 Å². The molecular formula is C10H12ClNO2. The van der Waals surface area contributed by atoms with Gasteiger partial charge in [-0.05, 0) is 24.6 Å². The number of carbonyl (C=O) groups excluding carboxylic acids is 1. The Morgan fingerprint density at radius 1 is 1.43 bits per heavy atom. The third-order valence-electron chi connectivity index (χ3n) is 1.61. The van der Waals surface area contributed by atoms with E-state index in [1.807, 2.05) is 19.1 Å². The van der Waals surface area contributed by atoms with Gasteiger partial charge in [0, 0.05) is 5.02 Å². The van der Waals surface area contributed by atoms with Crippen LogP contribution in [0.1, 0.15) is 12.5 Å². The lowest BCUT2D eigenvalue weighted by Crippen LogP contribution is -2.25. The van der Waals surface area contributed by atoms with Gasteiger partial charge in [0.2, 0.25) is 5.91 Å². The van der Waals surface area contributed by atoms with E-state index in [0.717, 1.165) is 5.56 Å². The highest BCUT2D eigenvalue weighted by atomic mass is 35.5. The standard InChI is InChI=1S/C10H12ClNO2/c1-2-14-12-10(13)7-8-3-5-9(11)6-4-8/h3-6H,2,7H2,1H3,(H,12,13). The molecule has 0 bridgehead atoms. The molecule has 1 aromatic carbocycles. The van der Waals surface area contributed by atoms with Crippen LogP contribution in [0.5, 0.6) is 0 Å². The molecule has 1 rings (SSSR count). The van der Waals surface area contributed by atoms with Crippen molar-refractivity contribution in [2.75, 3.05) is 6.61 Å². The Balaban J connectivity index is 2.44. The van der Waals surface area contributed by atoms with E-state index in [2.05, 4.69) is 5.48 Å². The number of hydrogen-bond donors (Lipinski definition) is 1. The summed E-state index contributed by atoms with van der Waals surface area (Å²) in [6, 6.07) is 7.14. The SMILES string of the molecule is CCONC(=O)Cc1ccc(Cl)cc1. The predicted octanol–water partition coefficient (Wildman–Crippen LogP) is 1.95. The maximum absolute atomic E-state index is 11.2. The van der Waals surface area contributed by atoms with Crippen molar-refractivity contribution >= 4 is 17.5 Å². The normalized spacial score (nSPS) is 9.86. The molecule has 0 aliphatic rings. The monoisotopic (exact) mass is 213 g/mol. The second-order valence-corrected chi connectivity index (χ2v) is 3.20. The van der Waals surface area contributed by atoms with Crippen LogP contribution in [0.15, 0.2) is 24.3 Å². The number of hydrogen-bond acceptors (Lipinski definition) is 2. The summed E-state index contributed by atoms with van der Waals surface area (Å²) < 4.78 is 0. The Bertz CT molecular complexity index is 297. The van der Waals surface area contributed by atoms with Crippen molar-refractivity contribution in [2.45, 2.75) is 13.3 Å². The summed E-state index contributed by atoms with van der Waals surface area (Å²) >= 11 is 5.71. The van der Waals surface area contributed by atoms with Gasteiger partial charge in [0.1, 0.15) is 0 Å². The molecule has 0 aliphatic heterocycles. The van der Waals surface area contributed by atoms with E-state index in [1.54, 1.807) is 12.1 Å². The van der Waals surface area contributed by atoms with Gasteiger partial charge in [0.15, 0.2) is 0 Å². The molecule has 0 heterocycles. The highest BCUT2D eigenvalue weighted by molar-refractivity contribution is 6.30. The topological polar surface area (TPSA) is 38.3 Å². The summed E-state index contributed by atoms with van der Waals surface area (Å²) in [5.41, 5.74) is 3.23. The largest absolute Gasteiger partial charge is 0.274 e. The number of halogens is 1. The summed E-state index contributed by atoms with van der Waals surface area (Å²) in [7, 11) is 0. The Kier molecular flexibility index (Phi) is 4.43. The second-order valence-electron chi connectivity index (χ2n) is 2.76. The first kappa shape index (κ1) is 11.0. The van der Waals surface area contributed by atoms with Crippen LogP contribution < -0.4 is 5.48 Å². The first-order chi connectivity index (χ1) is 6.72. The van der Waals surface area contributed by atoms with Gasteiger partial charge >= 0.3 is 0 Å². The molecule has 4 heteroatoms. The van der Waals surface area contributed by atoms with E-state index >= 15 is 0 Å². The number of nitrogens with one attached hydrogen (secondary N) is 1. The lowest BCUT2D eigenvalue weighted by Gasteiger charge is -2.03. The molecule has 0 fully saturated rings. The molecular weight excluding hydrogens is 202 g/mol. The maximum Gasteiger partial charge on any atom is 0.247 e. The Morgan fingerprint density at radius 2 is 2.07 bits per heavy atom. The molecule has 0 aromatic heterocycles. The minimum Gasteiger partial charge on any atom is -0.274 e. The zero-order valence-corrected chi connectivity index (χ0v) is 8.67. The molecule has 14 heavy (non-hydrogen) atoms. The third kappa shape index (κ3) is 3.77. The Hall–Kier alpha value is -1.06. The summed E-state index contributed by atoms with van der Waals surface area (Å²) in [6.07, 6.45) is 0.303. The number of carbonyl (C=O) groups is 1. The van der Waals surface area contributed by atoms with E-state index in [-0.39, 0.29) is 5.91 Å². The minimum atomic E-state index is -0.158. The van der Waals surface area contributed by atoms with Crippen LogP contribution in [0, 0.1) is 0 Å². The lowest BCUT2D eigenvalue weighted by atomic mass is 10.1. The average Bonchev–Trinajstić information content (AvgIpc) is 2.18. The van der Waals surface area contributed by atoms with Crippen LogP contribution in [-0.2, 0) is 16.1 Å². The second kappa shape index (κ2) is 5.62. The fraction of sp³-hybridized carbons (Fsp3) is 0.300. The third-order valence-corrected chi connectivity index (χ3v) is 1.86. The molecule has 0 unspecified atom stereocenters. The molecule has 0 aliphatic carbocycles. The van der Waals surface area contributed by atoms with Gasteiger partial charge < -0.3 is 0 Å². The zero-order valence-electron chi connectivity index (χ0n) is 7.92. The van der Waals surface area contributed by atoms with Crippen molar-refractivity contribution in [1.82, 2.24) is 5.48 Å². The molecule has 1 amide bonds. The predicted molar refractivity (Wildman–Crippen MR) is 54.9 cm³/mol. The summed E-state index contributed by atoms with van der Waals surface area (Å²) in [4.78, 5) is 16.0. The molecule has 3 nitrogen and oxygen atoms in total. The molecule has 0 radical (unpaired) electrons. The highest BCUT2D eigenvalue weighted by Crippen LogP contribution is 2.09. The number of amides is 1. The smallest absolute Gasteiger partial charge is 0.247 e. The number of rotatable bonds is 4. The minimum absolute atomic E-state index is 0.158. The summed E-state index contributed by atoms with van der Waals surface area (Å²) in [5.74, 6) is -0.158. The molecule has 0 saturated heterocycles. The summed E-state index contributed by atoms with van der Waals surface area (Å²) in [5, 5.41) is 0.666. The van der Waals surface area contributed by atoms with Crippen molar-refractivity contribution in [1.29, 1.82) is 0 Å². The van der Waals surface area contributed by atoms with Crippen LogP contribution >= 0.6 is 11.6 Å². The first-order valence-electron chi connectivity index (χ1n) is 4.37. The molecule has 0 spiro atoms. The van der Waals surface area contributed by atoms with Crippen LogP contribution in [0.3, 0.4) is 0 Å². The van der Waals surface area contributed by atoms with Crippen molar-refractivity contribution in [3.63, 3.8) is 0 Å². The van der Waals surface area contributed by atoms with Crippen LogP contribution in [0.25, 0.3) is 0 Å². The van der Waals surface area contributed by atoms with Crippen LogP contribution in [0.4, 0.5) is 0 Å². The van der Waals surface area contributed by atoms with E-state index < -0.39 is 0 Å². The average molecular weight is 214 g/mol. The molecule has 0 atom stereocenters. The quantitative estimate of drug-likeness (QED) is 0.777. The van der Waals surface area contributed by atoms with Gasteiger partial charge in [0.25, 0.3) is 0 Å². The fourth-order valence-electron chi connectivity index (χ4n) is 0.976. The van der Waals surface area contributed by atoms with Crippen LogP contribution in [-0.4, -0.2) is 12.5 Å². The maximum atomic E-state index is 11.2. The van der Waals surface area contributed by atoms with Crippen molar-refractivity contribution < 1.29 is 9.63 Å². The number of benzene rings is 1. The van der Waals surface area contributed by atoms with Gasteiger partial charge in [0.05, 0.1) is 13.0 Å². The van der Waals surface area contributed by atoms with E-state index in [0.29, 0.717) is 18.1 Å². The van der Waals surface area contributed by atoms with Crippen LogP contribution in [0.2, 0.25) is 5.02 Å². The molecule has 1 N–H and O–H groups in total.